The lowest BCUT2D eigenvalue weighted by atomic mass is 10.2. The number of hydrogen-bond acceptors (Lipinski definition) is 4. The summed E-state index contributed by atoms with van der Waals surface area (Å²) in [6, 6.07) is 0. The van der Waals surface area contributed by atoms with Crippen LogP contribution in [0.25, 0.3) is 0 Å². The van der Waals surface area contributed by atoms with Crippen LogP contribution in [0.3, 0.4) is 0 Å². The highest BCUT2D eigenvalue weighted by Crippen LogP contribution is 2.20. The fourth-order valence-corrected chi connectivity index (χ4v) is 1.18. The maximum absolute atomic E-state index is 5.09. The van der Waals surface area contributed by atoms with E-state index >= 15 is 0 Å². The normalized spacial score (nSPS) is 10.4. The number of nitrogens with one attached hydrogen (secondary N) is 1. The molecule has 0 saturated heterocycles. The molecule has 1 heterocycles. The standard InChI is InChI=1S/C9H14BrN3O/c1-6(2)4-11-8-9(14-3)13-7(10)5-12-8/h5-6H,4H2,1-3H3,(H,11,12). The molecule has 0 bridgehead atoms. The summed E-state index contributed by atoms with van der Waals surface area (Å²) in [7, 11) is 1.58. The molecule has 0 aliphatic carbocycles. The lowest BCUT2D eigenvalue weighted by Gasteiger charge is -2.10. The van der Waals surface area contributed by atoms with E-state index in [0.29, 0.717) is 22.2 Å². The molecule has 0 atom stereocenters. The molecule has 0 radical (unpaired) electrons. The first kappa shape index (κ1) is 11.2. The molecule has 0 fully saturated rings. The van der Waals surface area contributed by atoms with Gasteiger partial charge in [0.25, 0.3) is 5.88 Å². The molecule has 78 valence electrons. The topological polar surface area (TPSA) is 47.0 Å². The lowest BCUT2D eigenvalue weighted by molar-refractivity contribution is 0.396. The molecule has 0 spiro atoms. The van der Waals surface area contributed by atoms with Crippen molar-refractivity contribution in [1.82, 2.24) is 9.97 Å². The zero-order chi connectivity index (χ0) is 10.6. The van der Waals surface area contributed by atoms with Gasteiger partial charge in [0, 0.05) is 6.54 Å². The predicted octanol–water partition coefficient (Wildman–Crippen LogP) is 2.32. The Hall–Kier alpha value is -0.840. The van der Waals surface area contributed by atoms with Gasteiger partial charge in [0.2, 0.25) is 0 Å². The second-order valence-corrected chi connectivity index (χ2v) is 4.14. The smallest absolute Gasteiger partial charge is 0.258 e. The first-order valence-corrected chi connectivity index (χ1v) is 5.23. The van der Waals surface area contributed by atoms with Crippen LogP contribution in [0.1, 0.15) is 13.8 Å². The zero-order valence-corrected chi connectivity index (χ0v) is 10.1. The van der Waals surface area contributed by atoms with E-state index in [9.17, 15) is 0 Å². The molecule has 1 aromatic heterocycles. The minimum absolute atomic E-state index is 0.514. The molecule has 0 aliphatic heterocycles. The van der Waals surface area contributed by atoms with Crippen molar-refractivity contribution in [2.24, 2.45) is 5.92 Å². The first-order valence-electron chi connectivity index (χ1n) is 4.44. The molecule has 0 aliphatic rings. The third-order valence-corrected chi connectivity index (χ3v) is 1.96. The van der Waals surface area contributed by atoms with Crippen LogP contribution in [0, 0.1) is 5.92 Å². The summed E-state index contributed by atoms with van der Waals surface area (Å²) in [5.41, 5.74) is 0. The molecule has 5 heteroatoms. The number of halogens is 1. The number of rotatable bonds is 4. The third kappa shape index (κ3) is 3.14. The number of hydrogen-bond donors (Lipinski definition) is 1. The van der Waals surface area contributed by atoms with Crippen molar-refractivity contribution in [3.05, 3.63) is 10.8 Å². The minimum Gasteiger partial charge on any atom is -0.478 e. The molecule has 0 amide bonds. The Bertz CT molecular complexity index is 304. The number of ether oxygens (including phenoxy) is 1. The second kappa shape index (κ2) is 5.14. The summed E-state index contributed by atoms with van der Waals surface area (Å²) in [5, 5.41) is 3.17. The van der Waals surface area contributed by atoms with E-state index in [1.54, 1.807) is 13.3 Å². The third-order valence-electron chi connectivity index (χ3n) is 1.58. The molecular weight excluding hydrogens is 246 g/mol. The van der Waals surface area contributed by atoms with E-state index < -0.39 is 0 Å². The maximum atomic E-state index is 5.09. The Morgan fingerprint density at radius 3 is 2.86 bits per heavy atom. The number of methoxy groups -OCH3 is 1. The minimum atomic E-state index is 0.514. The van der Waals surface area contributed by atoms with Gasteiger partial charge < -0.3 is 10.1 Å². The van der Waals surface area contributed by atoms with E-state index in [1.165, 1.54) is 0 Å². The van der Waals surface area contributed by atoms with Crippen molar-refractivity contribution in [1.29, 1.82) is 0 Å². The van der Waals surface area contributed by atoms with E-state index in [0.717, 1.165) is 6.54 Å². The summed E-state index contributed by atoms with van der Waals surface area (Å²) in [6.45, 7) is 5.12. The molecule has 1 rings (SSSR count). The summed E-state index contributed by atoms with van der Waals surface area (Å²) < 4.78 is 5.76. The van der Waals surface area contributed by atoms with Crippen LogP contribution in [-0.2, 0) is 0 Å². The molecule has 1 aromatic rings. The Kier molecular flexibility index (Phi) is 4.13. The highest BCUT2D eigenvalue weighted by molar-refractivity contribution is 9.10. The molecule has 14 heavy (non-hydrogen) atoms. The van der Waals surface area contributed by atoms with Crippen molar-refractivity contribution in [3.63, 3.8) is 0 Å². The average Bonchev–Trinajstić information content (AvgIpc) is 2.15. The van der Waals surface area contributed by atoms with Crippen LogP contribution in [0.2, 0.25) is 0 Å². The van der Waals surface area contributed by atoms with E-state index in [-0.39, 0.29) is 0 Å². The van der Waals surface area contributed by atoms with E-state index in [2.05, 4.69) is 45.1 Å². The summed E-state index contributed by atoms with van der Waals surface area (Å²) in [6.07, 6.45) is 1.64. The van der Waals surface area contributed by atoms with Crippen molar-refractivity contribution in [2.45, 2.75) is 13.8 Å². The zero-order valence-electron chi connectivity index (χ0n) is 8.54. The average molecular weight is 260 g/mol. The van der Waals surface area contributed by atoms with Crippen molar-refractivity contribution < 1.29 is 4.74 Å². The highest BCUT2D eigenvalue weighted by Gasteiger charge is 2.06. The van der Waals surface area contributed by atoms with Gasteiger partial charge in [-0.1, -0.05) is 13.8 Å². The second-order valence-electron chi connectivity index (χ2n) is 3.33. The quantitative estimate of drug-likeness (QED) is 0.902. The predicted molar refractivity (Wildman–Crippen MR) is 59.6 cm³/mol. The number of aromatic nitrogens is 2. The molecule has 0 aromatic carbocycles. The fraction of sp³-hybridized carbons (Fsp3) is 0.556. The van der Waals surface area contributed by atoms with Crippen LogP contribution in [0.5, 0.6) is 5.88 Å². The van der Waals surface area contributed by atoms with Crippen LogP contribution in [0.4, 0.5) is 5.82 Å². The van der Waals surface area contributed by atoms with Gasteiger partial charge in [-0.15, -0.1) is 0 Å². The van der Waals surface area contributed by atoms with Crippen LogP contribution in [-0.4, -0.2) is 23.6 Å². The largest absolute Gasteiger partial charge is 0.478 e. The van der Waals surface area contributed by atoms with Crippen molar-refractivity contribution in [3.8, 4) is 5.88 Å². The Morgan fingerprint density at radius 1 is 1.57 bits per heavy atom. The van der Waals surface area contributed by atoms with Crippen molar-refractivity contribution in [2.75, 3.05) is 19.0 Å². The van der Waals surface area contributed by atoms with Crippen LogP contribution in [0.15, 0.2) is 10.8 Å². The summed E-state index contributed by atoms with van der Waals surface area (Å²) in [5.74, 6) is 1.76. The molecule has 1 N–H and O–H groups in total. The van der Waals surface area contributed by atoms with Gasteiger partial charge in [-0.2, -0.15) is 0 Å². The molecule has 0 saturated carbocycles. The Morgan fingerprint density at radius 2 is 2.29 bits per heavy atom. The highest BCUT2D eigenvalue weighted by atomic mass is 79.9. The summed E-state index contributed by atoms with van der Waals surface area (Å²) in [4.78, 5) is 8.31. The first-order chi connectivity index (χ1) is 6.63. The lowest BCUT2D eigenvalue weighted by Crippen LogP contribution is -2.10. The van der Waals surface area contributed by atoms with Gasteiger partial charge in [-0.3, -0.25) is 0 Å². The monoisotopic (exact) mass is 259 g/mol. The maximum Gasteiger partial charge on any atom is 0.258 e. The summed E-state index contributed by atoms with van der Waals surface area (Å²) >= 11 is 3.24. The van der Waals surface area contributed by atoms with Crippen molar-refractivity contribution >= 4 is 21.7 Å². The molecular formula is C9H14BrN3O. The van der Waals surface area contributed by atoms with E-state index in [4.69, 9.17) is 4.74 Å². The van der Waals surface area contributed by atoms with Gasteiger partial charge in [-0.25, -0.2) is 9.97 Å². The number of nitrogens with zero attached hydrogens (tertiary/aromatic N) is 2. The Balaban J connectivity index is 2.75. The molecule has 0 unspecified atom stereocenters. The fourth-order valence-electron chi connectivity index (χ4n) is 0.916. The van der Waals surface area contributed by atoms with Gasteiger partial charge >= 0.3 is 0 Å². The molecule has 4 nitrogen and oxygen atoms in total. The van der Waals surface area contributed by atoms with E-state index in [1.807, 2.05) is 0 Å². The Labute approximate surface area is 92.2 Å². The van der Waals surface area contributed by atoms with Gasteiger partial charge in [0.1, 0.15) is 4.60 Å². The SMILES string of the molecule is COc1nc(Br)cnc1NCC(C)C. The van der Waals surface area contributed by atoms with Crippen LogP contribution >= 0.6 is 15.9 Å². The van der Waals surface area contributed by atoms with Gasteiger partial charge in [0.05, 0.1) is 13.3 Å². The van der Waals surface area contributed by atoms with Crippen LogP contribution < -0.4 is 10.1 Å². The number of anilines is 1. The van der Waals surface area contributed by atoms with Gasteiger partial charge in [0.15, 0.2) is 5.82 Å². The van der Waals surface area contributed by atoms with Gasteiger partial charge in [-0.05, 0) is 21.8 Å².